The predicted molar refractivity (Wildman–Crippen MR) is 33.5 cm³/mol. The first-order chi connectivity index (χ1) is 0. The van der Waals surface area contributed by atoms with Crippen molar-refractivity contribution < 1.29 is 32.9 Å². The normalized spacial score (nSPS) is 0. The van der Waals surface area contributed by atoms with Gasteiger partial charge in [0.25, 0.3) is 0 Å². The van der Waals surface area contributed by atoms with Crippen LogP contribution in [0.25, 0.3) is 0 Å². The summed E-state index contributed by atoms with van der Waals surface area (Å²) in [6.07, 6.45) is 0. The van der Waals surface area contributed by atoms with E-state index in [-0.39, 0.29) is 60.1 Å². The maximum absolute atomic E-state index is 0. The van der Waals surface area contributed by atoms with Gasteiger partial charge in [0.1, 0.15) is 0 Å². The van der Waals surface area contributed by atoms with Gasteiger partial charge in [0.2, 0.25) is 0 Å². The van der Waals surface area contributed by atoms with Gasteiger partial charge < -0.3 is 32.9 Å². The Kier molecular flexibility index (Phi) is 83300. The van der Waals surface area contributed by atoms with Crippen LogP contribution in [0.3, 0.4) is 0 Å². The Hall–Kier alpha value is 0.722. The van der Waals surface area contributed by atoms with Crippen molar-refractivity contribution in [1.82, 2.24) is 0 Å². The van der Waals surface area contributed by atoms with Gasteiger partial charge >= 0.3 is 17.4 Å². The second-order valence-electron chi connectivity index (χ2n) is 0. The summed E-state index contributed by atoms with van der Waals surface area (Å²) in [7, 11) is 0. The Morgan fingerprint density at radius 3 is 0.500 bits per heavy atom. The molecule has 0 amide bonds. The van der Waals surface area contributed by atoms with Crippen LogP contribution in [-0.4, -0.2) is 50.2 Å². The minimum atomic E-state index is 0. The Labute approximate surface area is 60.9 Å². The topological polar surface area (TPSA) is 184 Å². The van der Waals surface area contributed by atoms with E-state index in [1.165, 1.54) is 0 Å². The fourth-order valence-electron chi connectivity index (χ4n) is 0. The van der Waals surface area contributed by atoms with Gasteiger partial charge in [-0.15, -0.1) is 0 Å². The molecule has 0 aromatic heterocycles. The van der Waals surface area contributed by atoms with E-state index in [0.717, 1.165) is 0 Å². The summed E-state index contributed by atoms with van der Waals surface area (Å²) >= 11 is 0. The third kappa shape index (κ3) is 422. The monoisotopic (exact) mass is 166 g/mol. The Morgan fingerprint density at radius 2 is 0.500 bits per heavy atom. The van der Waals surface area contributed by atoms with Crippen LogP contribution >= 0.6 is 9.90 Å². The molecule has 0 saturated carbocycles. The molecule has 0 aliphatic carbocycles. The molecule has 0 bridgehead atoms. The SMILES string of the molecule is O.O.O.P.[Al+3].[OH-].[OH-].[OH-]. The molecule has 0 rings (SSSR count). The number of rotatable bonds is 0. The minimum absolute atomic E-state index is 0. The van der Waals surface area contributed by atoms with E-state index in [1.54, 1.807) is 0 Å². The van der Waals surface area contributed by atoms with Crippen molar-refractivity contribution in [3.63, 3.8) is 0 Å². The van der Waals surface area contributed by atoms with Gasteiger partial charge in [-0.05, 0) is 0 Å². The predicted octanol–water partition coefficient (Wildman–Crippen LogP) is -3.33. The molecule has 0 saturated heterocycles. The summed E-state index contributed by atoms with van der Waals surface area (Å²) < 4.78 is 0. The molecule has 0 aliphatic rings. The van der Waals surface area contributed by atoms with E-state index in [1.807, 2.05) is 0 Å². The maximum Gasteiger partial charge on any atom is 3.00 e. The Morgan fingerprint density at radius 1 is 0.500 bits per heavy atom. The third-order valence-corrected chi connectivity index (χ3v) is 0. The average molecular weight is 166 g/mol. The van der Waals surface area contributed by atoms with Crippen LogP contribution in [0.4, 0.5) is 0 Å². The zero-order valence-electron chi connectivity index (χ0n) is 4.13. The first-order valence-electron chi connectivity index (χ1n) is 0. The summed E-state index contributed by atoms with van der Waals surface area (Å²) in [6, 6.07) is 0. The maximum atomic E-state index is 0. The van der Waals surface area contributed by atoms with Crippen LogP contribution in [0.1, 0.15) is 0 Å². The van der Waals surface area contributed by atoms with E-state index in [0.29, 0.717) is 0 Å². The first-order valence-corrected chi connectivity index (χ1v) is 0. The van der Waals surface area contributed by atoms with Crippen molar-refractivity contribution in [3.8, 4) is 0 Å². The molecule has 1 atom stereocenters. The van der Waals surface area contributed by atoms with E-state index in [4.69, 9.17) is 0 Å². The van der Waals surface area contributed by atoms with Gasteiger partial charge in [-0.3, -0.25) is 0 Å². The van der Waals surface area contributed by atoms with Crippen LogP contribution in [0.15, 0.2) is 0 Å². The molecule has 1 unspecified atom stereocenters. The molecule has 0 aromatic carbocycles. The van der Waals surface area contributed by atoms with Crippen LogP contribution in [0.5, 0.6) is 0 Å². The fourth-order valence-corrected chi connectivity index (χ4v) is 0. The number of hydrogen-bond donors (Lipinski definition) is 0. The largest absolute Gasteiger partial charge is 3.00 e. The van der Waals surface area contributed by atoms with Crippen molar-refractivity contribution >= 4 is 27.3 Å². The van der Waals surface area contributed by atoms with Gasteiger partial charge in [-0.1, -0.05) is 0 Å². The molecule has 0 heterocycles. The average Bonchev–Trinajstić information content (AvgIpc) is 0. The summed E-state index contributed by atoms with van der Waals surface area (Å²) in [6.45, 7) is 0. The Balaban J connectivity index is 0. The molecule has 8 heavy (non-hydrogen) atoms. The van der Waals surface area contributed by atoms with Crippen LogP contribution in [-0.2, 0) is 0 Å². The zero-order chi connectivity index (χ0) is 0. The van der Waals surface area contributed by atoms with E-state index in [2.05, 4.69) is 0 Å². The molecule has 8 heteroatoms. The third-order valence-electron chi connectivity index (χ3n) is 0. The quantitative estimate of drug-likeness (QED) is 0.269. The van der Waals surface area contributed by atoms with Crippen LogP contribution < -0.4 is 0 Å². The molecule has 0 fully saturated rings. The van der Waals surface area contributed by atoms with Crippen LogP contribution in [0.2, 0.25) is 0 Å². The molecule has 0 aliphatic heterocycles. The van der Waals surface area contributed by atoms with Crippen molar-refractivity contribution in [2.75, 3.05) is 0 Å². The van der Waals surface area contributed by atoms with Crippen molar-refractivity contribution in [1.29, 1.82) is 0 Å². The smallest absolute Gasteiger partial charge is 0.870 e. The molecular formula is H12AlO6P. The van der Waals surface area contributed by atoms with Crippen molar-refractivity contribution in [3.05, 3.63) is 0 Å². The summed E-state index contributed by atoms with van der Waals surface area (Å²) in [5, 5.41) is 0. The minimum Gasteiger partial charge on any atom is -0.870 e. The summed E-state index contributed by atoms with van der Waals surface area (Å²) in [4.78, 5) is 0. The second kappa shape index (κ2) is 669. The summed E-state index contributed by atoms with van der Waals surface area (Å²) in [5.41, 5.74) is 0. The van der Waals surface area contributed by atoms with Gasteiger partial charge in [-0.25, -0.2) is 0 Å². The van der Waals surface area contributed by atoms with E-state index in [9.17, 15) is 0 Å². The van der Waals surface area contributed by atoms with Crippen molar-refractivity contribution in [2.45, 2.75) is 0 Å². The van der Waals surface area contributed by atoms with Gasteiger partial charge in [0, 0.05) is 0 Å². The summed E-state index contributed by atoms with van der Waals surface area (Å²) in [5.74, 6) is 0. The van der Waals surface area contributed by atoms with Gasteiger partial charge in [0.05, 0.1) is 0 Å². The molecule has 6 nitrogen and oxygen atoms in total. The molecule has 0 spiro atoms. The van der Waals surface area contributed by atoms with E-state index >= 15 is 0 Å². The molecular weight excluding hydrogens is 154 g/mol. The zero-order valence-corrected chi connectivity index (χ0v) is 6.70. The standard InChI is InChI=1S/Al.6H2O.H3P/h;6*1H2;1H3/q+3;;;;;;;/p-3. The Bertz CT molecular complexity index is 8.49. The van der Waals surface area contributed by atoms with Gasteiger partial charge in [-0.2, -0.15) is 9.90 Å². The second-order valence-corrected chi connectivity index (χ2v) is 0. The van der Waals surface area contributed by atoms with Crippen LogP contribution in [0, 0.1) is 0 Å². The fraction of sp³-hybridized carbons (Fsp3) is 0. The molecule has 0 aromatic rings. The molecule has 56 valence electrons. The molecule has 9 N–H and O–H groups in total. The van der Waals surface area contributed by atoms with Crippen molar-refractivity contribution in [2.24, 2.45) is 0 Å². The van der Waals surface area contributed by atoms with Gasteiger partial charge in [0.15, 0.2) is 0 Å². The van der Waals surface area contributed by atoms with E-state index < -0.39 is 0 Å². The first kappa shape index (κ1) is 997. The molecule has 0 radical (unpaired) electrons. The number of hydrogen-bond acceptors (Lipinski definition) is 3.